The maximum atomic E-state index is 11.1. The summed E-state index contributed by atoms with van der Waals surface area (Å²) >= 11 is 1.50. The van der Waals surface area contributed by atoms with Crippen LogP contribution in [0.25, 0.3) is 0 Å². The molecule has 0 bridgehead atoms. The minimum Gasteiger partial charge on any atom is -0.478 e. The van der Waals surface area contributed by atoms with E-state index in [1.54, 1.807) is 6.07 Å². The zero-order valence-corrected chi connectivity index (χ0v) is 12.2. The van der Waals surface area contributed by atoms with Gasteiger partial charge in [-0.25, -0.2) is 4.79 Å². The van der Waals surface area contributed by atoms with Gasteiger partial charge in [0.1, 0.15) is 0 Å². The summed E-state index contributed by atoms with van der Waals surface area (Å²) in [5, 5.41) is 9.13. The number of nitrogens with one attached hydrogen (secondary N) is 1. The molecule has 0 aromatic heterocycles. The molecule has 0 fully saturated rings. The van der Waals surface area contributed by atoms with Gasteiger partial charge in [-0.3, -0.25) is 4.72 Å². The number of benzene rings is 1. The summed E-state index contributed by atoms with van der Waals surface area (Å²) in [5.41, 5.74) is 2.25. The van der Waals surface area contributed by atoms with Crippen LogP contribution in [0.5, 0.6) is 0 Å². The van der Waals surface area contributed by atoms with Crippen LogP contribution in [0.2, 0.25) is 0 Å². The fourth-order valence-electron chi connectivity index (χ4n) is 1.59. The van der Waals surface area contributed by atoms with Crippen molar-refractivity contribution in [2.45, 2.75) is 39.0 Å². The molecular weight excluding hydrogens is 246 g/mol. The van der Waals surface area contributed by atoms with Crippen molar-refractivity contribution in [2.24, 2.45) is 5.92 Å². The van der Waals surface area contributed by atoms with Gasteiger partial charge in [-0.15, -0.1) is 0 Å². The van der Waals surface area contributed by atoms with Gasteiger partial charge >= 0.3 is 5.97 Å². The van der Waals surface area contributed by atoms with E-state index in [0.29, 0.717) is 11.5 Å². The number of hydrogen-bond donors (Lipinski definition) is 2. The largest absolute Gasteiger partial charge is 0.478 e. The lowest BCUT2D eigenvalue weighted by Crippen LogP contribution is -2.09. The van der Waals surface area contributed by atoms with Crippen molar-refractivity contribution in [1.82, 2.24) is 4.72 Å². The molecule has 0 unspecified atom stereocenters. The van der Waals surface area contributed by atoms with E-state index in [1.807, 2.05) is 19.9 Å². The quantitative estimate of drug-likeness (QED) is 0.610. The number of hydrogen-bond acceptors (Lipinski definition) is 3. The molecule has 0 saturated carbocycles. The molecule has 0 atom stereocenters. The van der Waals surface area contributed by atoms with Crippen molar-refractivity contribution in [3.63, 3.8) is 0 Å². The Bertz CT molecular complexity index is 430. The van der Waals surface area contributed by atoms with Gasteiger partial charge < -0.3 is 5.11 Å². The maximum Gasteiger partial charge on any atom is 0.336 e. The molecule has 0 saturated heterocycles. The first kappa shape index (κ1) is 15.1. The summed E-state index contributed by atoms with van der Waals surface area (Å²) in [4.78, 5) is 12.1. The lowest BCUT2D eigenvalue weighted by Gasteiger charge is -2.10. The minimum absolute atomic E-state index is 0.392. The zero-order valence-electron chi connectivity index (χ0n) is 11.4. The standard InChI is InChI=1S/C14H21NO2S/c1-9(2)5-6-15-18-12-7-10(3)11(4)13(8-12)14(16)17/h7-9,15H,5-6H2,1-4H3,(H,16,17). The van der Waals surface area contributed by atoms with Crippen LogP contribution in [0.4, 0.5) is 0 Å². The average Bonchev–Trinajstić information content (AvgIpc) is 2.28. The Hall–Kier alpha value is -1.00. The predicted molar refractivity (Wildman–Crippen MR) is 76.2 cm³/mol. The molecule has 0 aliphatic heterocycles. The van der Waals surface area contributed by atoms with Crippen LogP contribution in [-0.4, -0.2) is 17.6 Å². The van der Waals surface area contributed by atoms with E-state index >= 15 is 0 Å². The highest BCUT2D eigenvalue weighted by molar-refractivity contribution is 7.97. The van der Waals surface area contributed by atoms with Crippen LogP contribution >= 0.6 is 11.9 Å². The molecule has 0 spiro atoms. The van der Waals surface area contributed by atoms with E-state index in [4.69, 9.17) is 5.11 Å². The van der Waals surface area contributed by atoms with Gasteiger partial charge in [0.2, 0.25) is 0 Å². The Morgan fingerprint density at radius 3 is 2.61 bits per heavy atom. The number of carbonyl (C=O) groups is 1. The summed E-state index contributed by atoms with van der Waals surface area (Å²) in [6.45, 7) is 9.09. The molecule has 4 heteroatoms. The van der Waals surface area contributed by atoms with Gasteiger partial charge in [-0.1, -0.05) is 13.8 Å². The summed E-state index contributed by atoms with van der Waals surface area (Å²) in [6.07, 6.45) is 1.11. The summed E-state index contributed by atoms with van der Waals surface area (Å²) in [7, 11) is 0. The maximum absolute atomic E-state index is 11.1. The molecule has 0 amide bonds. The second kappa shape index (κ2) is 6.81. The Morgan fingerprint density at radius 1 is 1.39 bits per heavy atom. The Balaban J connectivity index is 2.69. The fourth-order valence-corrected chi connectivity index (χ4v) is 2.39. The molecule has 0 radical (unpaired) electrons. The molecule has 2 N–H and O–H groups in total. The van der Waals surface area contributed by atoms with E-state index < -0.39 is 5.97 Å². The first-order chi connectivity index (χ1) is 8.41. The van der Waals surface area contributed by atoms with Crippen LogP contribution < -0.4 is 4.72 Å². The van der Waals surface area contributed by atoms with Crippen LogP contribution in [0.15, 0.2) is 17.0 Å². The van der Waals surface area contributed by atoms with Gasteiger partial charge in [-0.2, -0.15) is 0 Å². The molecule has 1 rings (SSSR count). The first-order valence-corrected chi connectivity index (χ1v) is 6.97. The molecular formula is C14H21NO2S. The molecule has 1 aromatic carbocycles. The van der Waals surface area contributed by atoms with Crippen LogP contribution in [0.1, 0.15) is 41.8 Å². The van der Waals surface area contributed by atoms with Gasteiger partial charge in [0.15, 0.2) is 0 Å². The van der Waals surface area contributed by atoms with Crippen molar-refractivity contribution in [2.75, 3.05) is 6.54 Å². The molecule has 100 valence electrons. The molecule has 0 heterocycles. The normalized spacial score (nSPS) is 10.9. The lowest BCUT2D eigenvalue weighted by atomic mass is 10.0. The number of aromatic carboxylic acids is 1. The van der Waals surface area contributed by atoms with Gasteiger partial charge in [0, 0.05) is 11.4 Å². The average molecular weight is 267 g/mol. The van der Waals surface area contributed by atoms with Crippen LogP contribution in [-0.2, 0) is 0 Å². The summed E-state index contributed by atoms with van der Waals surface area (Å²) < 4.78 is 3.27. The van der Waals surface area contributed by atoms with Crippen LogP contribution in [0, 0.1) is 19.8 Å². The molecule has 18 heavy (non-hydrogen) atoms. The molecule has 0 aliphatic rings. The highest BCUT2D eigenvalue weighted by atomic mass is 32.2. The van der Waals surface area contributed by atoms with Crippen molar-refractivity contribution in [1.29, 1.82) is 0 Å². The van der Waals surface area contributed by atoms with Crippen molar-refractivity contribution in [3.8, 4) is 0 Å². The fraction of sp³-hybridized carbons (Fsp3) is 0.500. The third-order valence-electron chi connectivity index (χ3n) is 2.89. The Labute approximate surface area is 113 Å². The molecule has 0 aliphatic carbocycles. The summed E-state index contributed by atoms with van der Waals surface area (Å²) in [6, 6.07) is 3.76. The highest BCUT2D eigenvalue weighted by Gasteiger charge is 2.11. The van der Waals surface area contributed by atoms with Crippen molar-refractivity contribution < 1.29 is 9.90 Å². The SMILES string of the molecule is Cc1cc(SNCCC(C)C)cc(C(=O)O)c1C. The van der Waals surface area contributed by atoms with Crippen molar-refractivity contribution in [3.05, 3.63) is 28.8 Å². The third kappa shape index (κ3) is 4.35. The van der Waals surface area contributed by atoms with Gasteiger partial charge in [0.05, 0.1) is 5.56 Å². The van der Waals surface area contributed by atoms with E-state index in [9.17, 15) is 4.79 Å². The van der Waals surface area contributed by atoms with E-state index in [1.165, 1.54) is 11.9 Å². The topological polar surface area (TPSA) is 49.3 Å². The van der Waals surface area contributed by atoms with Gasteiger partial charge in [0.25, 0.3) is 0 Å². The lowest BCUT2D eigenvalue weighted by molar-refractivity contribution is 0.0695. The van der Waals surface area contributed by atoms with E-state index in [0.717, 1.165) is 29.0 Å². The van der Waals surface area contributed by atoms with Crippen molar-refractivity contribution >= 4 is 17.9 Å². The Kier molecular flexibility index (Phi) is 5.69. The third-order valence-corrected chi connectivity index (χ3v) is 3.70. The Morgan fingerprint density at radius 2 is 2.06 bits per heavy atom. The number of carboxylic acid groups (broad SMARTS) is 1. The smallest absolute Gasteiger partial charge is 0.336 e. The number of rotatable bonds is 6. The monoisotopic (exact) mass is 267 g/mol. The zero-order chi connectivity index (χ0) is 13.7. The number of aryl methyl sites for hydroxylation is 1. The van der Waals surface area contributed by atoms with E-state index in [-0.39, 0.29) is 0 Å². The molecule has 1 aromatic rings. The van der Waals surface area contributed by atoms with Gasteiger partial charge in [-0.05, 0) is 61.4 Å². The summed E-state index contributed by atoms with van der Waals surface area (Å²) in [5.74, 6) is -0.187. The minimum atomic E-state index is -0.861. The van der Waals surface area contributed by atoms with E-state index in [2.05, 4.69) is 18.6 Å². The molecule has 3 nitrogen and oxygen atoms in total. The second-order valence-corrected chi connectivity index (χ2v) is 5.86. The predicted octanol–water partition coefficient (Wildman–Crippen LogP) is 3.64. The number of carboxylic acids is 1. The van der Waals surface area contributed by atoms with Crippen LogP contribution in [0.3, 0.4) is 0 Å². The highest BCUT2D eigenvalue weighted by Crippen LogP contribution is 2.22. The first-order valence-electron chi connectivity index (χ1n) is 6.16. The second-order valence-electron chi connectivity index (χ2n) is 4.90.